The van der Waals surface area contributed by atoms with Crippen LogP contribution >= 0.6 is 0 Å². The fourth-order valence-corrected chi connectivity index (χ4v) is 2.96. The van der Waals surface area contributed by atoms with Gasteiger partial charge >= 0.3 is 5.97 Å². The lowest BCUT2D eigenvalue weighted by atomic mass is 10.1. The topological polar surface area (TPSA) is 117 Å². The van der Waals surface area contributed by atoms with Crippen molar-refractivity contribution in [1.29, 1.82) is 0 Å². The number of carbonyl (C=O) groups excluding carboxylic acids is 1. The third kappa shape index (κ3) is 5.61. The molecule has 8 nitrogen and oxygen atoms in total. The van der Waals surface area contributed by atoms with E-state index >= 15 is 0 Å². The van der Waals surface area contributed by atoms with Crippen molar-refractivity contribution in [3.63, 3.8) is 0 Å². The second-order valence-corrected chi connectivity index (χ2v) is 7.10. The Labute approximate surface area is 135 Å². The van der Waals surface area contributed by atoms with Gasteiger partial charge in [-0.05, 0) is 18.6 Å². The fraction of sp³-hybridized carbons (Fsp3) is 0.500. The number of sulfonamides is 1. The summed E-state index contributed by atoms with van der Waals surface area (Å²) < 4.78 is 25.4. The van der Waals surface area contributed by atoms with Crippen molar-refractivity contribution in [2.75, 3.05) is 13.6 Å². The van der Waals surface area contributed by atoms with Gasteiger partial charge in [-0.1, -0.05) is 19.8 Å². The highest BCUT2D eigenvalue weighted by molar-refractivity contribution is 7.89. The molecule has 1 aromatic heterocycles. The van der Waals surface area contributed by atoms with Gasteiger partial charge in [0.25, 0.3) is 0 Å². The first-order valence-corrected chi connectivity index (χ1v) is 8.61. The molecule has 0 spiro atoms. The maximum atomic E-state index is 12.2. The van der Waals surface area contributed by atoms with Crippen LogP contribution < -0.4 is 5.32 Å². The molecule has 1 atom stereocenters. The zero-order valence-corrected chi connectivity index (χ0v) is 13.9. The third-order valence-corrected chi connectivity index (χ3v) is 4.98. The summed E-state index contributed by atoms with van der Waals surface area (Å²) in [4.78, 5) is 26.7. The van der Waals surface area contributed by atoms with Crippen LogP contribution in [-0.4, -0.2) is 54.3 Å². The summed E-state index contributed by atoms with van der Waals surface area (Å²) in [5.74, 6) is -1.80. The number of hydrogen-bond acceptors (Lipinski definition) is 5. The van der Waals surface area contributed by atoms with Gasteiger partial charge in [-0.3, -0.25) is 9.78 Å². The van der Waals surface area contributed by atoms with Crippen molar-refractivity contribution in [3.8, 4) is 0 Å². The number of aliphatic carboxylic acids is 1. The molecule has 0 aliphatic carbocycles. The molecule has 1 heterocycles. The Kier molecular flexibility index (Phi) is 7.11. The van der Waals surface area contributed by atoms with Crippen molar-refractivity contribution in [2.45, 2.75) is 37.1 Å². The number of nitrogens with one attached hydrogen (secondary N) is 1. The summed E-state index contributed by atoms with van der Waals surface area (Å²) in [6, 6.07) is 1.83. The molecule has 2 N–H and O–H groups in total. The zero-order valence-electron chi connectivity index (χ0n) is 13.1. The van der Waals surface area contributed by atoms with Crippen LogP contribution in [0.1, 0.15) is 26.2 Å². The first kappa shape index (κ1) is 19.0. The quantitative estimate of drug-likeness (QED) is 0.673. The maximum absolute atomic E-state index is 12.2. The van der Waals surface area contributed by atoms with E-state index in [1.165, 1.54) is 31.6 Å². The normalized spacial score (nSPS) is 12.8. The minimum atomic E-state index is -3.84. The molecule has 0 aromatic carbocycles. The minimum Gasteiger partial charge on any atom is -0.480 e. The molecule has 23 heavy (non-hydrogen) atoms. The van der Waals surface area contributed by atoms with E-state index in [9.17, 15) is 18.0 Å². The summed E-state index contributed by atoms with van der Waals surface area (Å²) in [6.07, 6.45) is 4.38. The first-order valence-electron chi connectivity index (χ1n) is 7.17. The number of aromatic nitrogens is 1. The number of pyridine rings is 1. The lowest BCUT2D eigenvalue weighted by Gasteiger charge is -2.19. The van der Waals surface area contributed by atoms with E-state index < -0.39 is 34.5 Å². The lowest BCUT2D eigenvalue weighted by molar-refractivity contribution is -0.142. The Morgan fingerprint density at radius 1 is 1.43 bits per heavy atom. The van der Waals surface area contributed by atoms with E-state index in [1.54, 1.807) is 0 Å². The smallest absolute Gasteiger partial charge is 0.326 e. The zero-order chi connectivity index (χ0) is 17.5. The predicted octanol–water partition coefficient (Wildman–Crippen LogP) is 0.462. The van der Waals surface area contributed by atoms with Gasteiger partial charge in [0.05, 0.1) is 6.54 Å². The van der Waals surface area contributed by atoms with Crippen LogP contribution in [0.15, 0.2) is 29.4 Å². The lowest BCUT2D eigenvalue weighted by Crippen LogP contribution is -2.45. The molecule has 0 bridgehead atoms. The number of rotatable bonds is 9. The number of carbonyl (C=O) groups is 2. The third-order valence-electron chi connectivity index (χ3n) is 3.19. The molecule has 128 valence electrons. The largest absolute Gasteiger partial charge is 0.480 e. The van der Waals surface area contributed by atoms with E-state index in [0.29, 0.717) is 12.8 Å². The summed E-state index contributed by atoms with van der Waals surface area (Å²) in [6.45, 7) is 1.45. The number of amides is 1. The Balaban J connectivity index is 2.70. The molecule has 0 aliphatic rings. The van der Waals surface area contributed by atoms with E-state index in [2.05, 4.69) is 10.3 Å². The maximum Gasteiger partial charge on any atom is 0.326 e. The van der Waals surface area contributed by atoms with Crippen LogP contribution in [0.25, 0.3) is 0 Å². The SMILES string of the molecule is CCCCC(NC(=O)CN(C)S(=O)(=O)c1cccnc1)C(=O)O. The summed E-state index contributed by atoms with van der Waals surface area (Å²) >= 11 is 0. The van der Waals surface area contributed by atoms with Crippen molar-refractivity contribution in [3.05, 3.63) is 24.5 Å². The van der Waals surface area contributed by atoms with E-state index in [1.807, 2.05) is 6.92 Å². The van der Waals surface area contributed by atoms with Gasteiger partial charge in [0, 0.05) is 19.4 Å². The van der Waals surface area contributed by atoms with Gasteiger partial charge in [0.15, 0.2) is 0 Å². The number of hydrogen-bond donors (Lipinski definition) is 2. The monoisotopic (exact) mass is 343 g/mol. The van der Waals surface area contributed by atoms with Crippen LogP contribution in [0.4, 0.5) is 0 Å². The van der Waals surface area contributed by atoms with Gasteiger partial charge in [-0.15, -0.1) is 0 Å². The van der Waals surface area contributed by atoms with E-state index in [0.717, 1.165) is 10.7 Å². The highest BCUT2D eigenvalue weighted by Gasteiger charge is 2.25. The van der Waals surface area contributed by atoms with Crippen molar-refractivity contribution in [2.24, 2.45) is 0 Å². The van der Waals surface area contributed by atoms with Crippen molar-refractivity contribution >= 4 is 21.9 Å². The van der Waals surface area contributed by atoms with Crippen LogP contribution in [0.2, 0.25) is 0 Å². The van der Waals surface area contributed by atoms with Crippen molar-refractivity contribution < 1.29 is 23.1 Å². The van der Waals surface area contributed by atoms with Gasteiger partial charge in [-0.2, -0.15) is 4.31 Å². The molecule has 0 fully saturated rings. The molecule has 0 saturated heterocycles. The van der Waals surface area contributed by atoms with Gasteiger partial charge < -0.3 is 10.4 Å². The van der Waals surface area contributed by atoms with Crippen LogP contribution in [-0.2, 0) is 19.6 Å². The molecule has 9 heteroatoms. The number of unbranched alkanes of at least 4 members (excludes halogenated alkanes) is 1. The standard InChI is InChI=1S/C14H21N3O5S/c1-3-4-7-12(14(19)20)16-13(18)10-17(2)23(21,22)11-6-5-8-15-9-11/h5-6,8-9,12H,3-4,7,10H2,1-2H3,(H,16,18)(H,19,20). The Morgan fingerprint density at radius 2 is 2.13 bits per heavy atom. The molecule has 0 radical (unpaired) electrons. The molecule has 0 saturated carbocycles. The van der Waals surface area contributed by atoms with Crippen LogP contribution in [0.5, 0.6) is 0 Å². The summed E-state index contributed by atoms with van der Waals surface area (Å²) in [5.41, 5.74) is 0. The second kappa shape index (κ2) is 8.59. The number of carboxylic acids is 1. The fourth-order valence-electron chi connectivity index (χ4n) is 1.87. The second-order valence-electron chi connectivity index (χ2n) is 5.05. The van der Waals surface area contributed by atoms with E-state index in [4.69, 9.17) is 5.11 Å². The Bertz CT molecular complexity index is 633. The number of nitrogens with zero attached hydrogens (tertiary/aromatic N) is 2. The first-order chi connectivity index (χ1) is 10.8. The number of likely N-dealkylation sites (N-methyl/N-ethyl adjacent to an activating group) is 1. The average Bonchev–Trinajstić information content (AvgIpc) is 2.51. The Hall–Kier alpha value is -2.00. The molecule has 1 aromatic rings. The van der Waals surface area contributed by atoms with Gasteiger partial charge in [0.1, 0.15) is 10.9 Å². The summed E-state index contributed by atoms with van der Waals surface area (Å²) in [5, 5.41) is 11.4. The Morgan fingerprint density at radius 3 is 2.65 bits per heavy atom. The molecular weight excluding hydrogens is 322 g/mol. The van der Waals surface area contributed by atoms with Crippen LogP contribution in [0, 0.1) is 0 Å². The molecule has 1 unspecified atom stereocenters. The van der Waals surface area contributed by atoms with Gasteiger partial charge in [-0.25, -0.2) is 13.2 Å². The molecule has 1 amide bonds. The molecule has 0 aliphatic heterocycles. The van der Waals surface area contributed by atoms with Gasteiger partial charge in [0.2, 0.25) is 15.9 Å². The predicted molar refractivity (Wildman–Crippen MR) is 83.1 cm³/mol. The summed E-state index contributed by atoms with van der Waals surface area (Å²) in [7, 11) is -2.59. The minimum absolute atomic E-state index is 0.0314. The molecular formula is C14H21N3O5S. The highest BCUT2D eigenvalue weighted by atomic mass is 32.2. The average molecular weight is 343 g/mol. The van der Waals surface area contributed by atoms with Crippen LogP contribution in [0.3, 0.4) is 0 Å². The van der Waals surface area contributed by atoms with Crippen molar-refractivity contribution in [1.82, 2.24) is 14.6 Å². The number of carboxylic acid groups (broad SMARTS) is 1. The highest BCUT2D eigenvalue weighted by Crippen LogP contribution is 2.12. The molecule has 1 rings (SSSR count). The van der Waals surface area contributed by atoms with E-state index in [-0.39, 0.29) is 4.90 Å².